The lowest BCUT2D eigenvalue weighted by atomic mass is 9.74. The zero-order chi connectivity index (χ0) is 14.8. The van der Waals surface area contributed by atoms with Gasteiger partial charge in [0.2, 0.25) is 0 Å². The SMILES string of the molecule is CCOC(=O)C1(c2ccc(F)c(F)c2)CCCNC1S. The molecule has 1 fully saturated rings. The summed E-state index contributed by atoms with van der Waals surface area (Å²) in [6, 6.07) is 3.51. The van der Waals surface area contributed by atoms with Crippen LogP contribution in [0.4, 0.5) is 8.78 Å². The summed E-state index contributed by atoms with van der Waals surface area (Å²) < 4.78 is 31.8. The topological polar surface area (TPSA) is 38.3 Å². The maximum absolute atomic E-state index is 13.5. The molecule has 1 saturated heterocycles. The van der Waals surface area contributed by atoms with Gasteiger partial charge in [-0.15, -0.1) is 0 Å². The molecule has 6 heteroatoms. The van der Waals surface area contributed by atoms with E-state index in [2.05, 4.69) is 17.9 Å². The summed E-state index contributed by atoms with van der Waals surface area (Å²) in [5, 5.41) is 2.59. The highest BCUT2D eigenvalue weighted by atomic mass is 32.1. The molecule has 1 heterocycles. The Labute approximate surface area is 122 Å². The van der Waals surface area contributed by atoms with Gasteiger partial charge in [0, 0.05) is 0 Å². The minimum atomic E-state index is -1.09. The van der Waals surface area contributed by atoms with Crippen LogP contribution in [0.15, 0.2) is 18.2 Å². The fraction of sp³-hybridized carbons (Fsp3) is 0.500. The number of ether oxygens (including phenoxy) is 1. The highest BCUT2D eigenvalue weighted by Crippen LogP contribution is 2.39. The minimum absolute atomic E-state index is 0.227. The van der Waals surface area contributed by atoms with E-state index < -0.39 is 28.4 Å². The first kappa shape index (κ1) is 15.3. The van der Waals surface area contributed by atoms with Crippen LogP contribution in [0.1, 0.15) is 25.3 Å². The molecule has 0 spiro atoms. The Bertz CT molecular complexity index is 512. The number of thiol groups is 1. The molecule has 0 saturated carbocycles. The first-order chi connectivity index (χ1) is 9.52. The Morgan fingerprint density at radius 2 is 2.25 bits per heavy atom. The molecule has 0 amide bonds. The fourth-order valence-corrected chi connectivity index (χ4v) is 3.10. The highest BCUT2D eigenvalue weighted by Gasteiger charge is 2.48. The van der Waals surface area contributed by atoms with E-state index in [9.17, 15) is 13.6 Å². The van der Waals surface area contributed by atoms with Crippen molar-refractivity contribution >= 4 is 18.6 Å². The Kier molecular flexibility index (Phi) is 4.65. The van der Waals surface area contributed by atoms with E-state index >= 15 is 0 Å². The van der Waals surface area contributed by atoms with Gasteiger partial charge in [-0.2, -0.15) is 12.6 Å². The molecule has 110 valence electrons. The number of nitrogens with one attached hydrogen (secondary N) is 1. The molecule has 2 unspecified atom stereocenters. The van der Waals surface area contributed by atoms with Gasteiger partial charge in [0.1, 0.15) is 5.41 Å². The third-order valence-electron chi connectivity index (χ3n) is 3.63. The monoisotopic (exact) mass is 301 g/mol. The van der Waals surface area contributed by atoms with Crippen LogP contribution in [-0.2, 0) is 14.9 Å². The van der Waals surface area contributed by atoms with Gasteiger partial charge in [-0.25, -0.2) is 8.78 Å². The van der Waals surface area contributed by atoms with Crippen LogP contribution in [-0.4, -0.2) is 24.5 Å². The van der Waals surface area contributed by atoms with Crippen LogP contribution in [0.2, 0.25) is 0 Å². The van der Waals surface area contributed by atoms with Gasteiger partial charge in [0.25, 0.3) is 0 Å². The van der Waals surface area contributed by atoms with Crippen molar-refractivity contribution in [2.75, 3.05) is 13.2 Å². The van der Waals surface area contributed by atoms with E-state index in [0.717, 1.165) is 25.1 Å². The van der Waals surface area contributed by atoms with E-state index in [-0.39, 0.29) is 6.61 Å². The van der Waals surface area contributed by atoms with Crippen molar-refractivity contribution in [2.45, 2.75) is 30.6 Å². The number of hydrogen-bond donors (Lipinski definition) is 2. The molecular weight excluding hydrogens is 284 g/mol. The van der Waals surface area contributed by atoms with Crippen molar-refractivity contribution < 1.29 is 18.3 Å². The third-order valence-corrected chi connectivity index (χ3v) is 4.25. The lowest BCUT2D eigenvalue weighted by molar-refractivity contribution is -0.151. The summed E-state index contributed by atoms with van der Waals surface area (Å²) in [7, 11) is 0. The van der Waals surface area contributed by atoms with Crippen molar-refractivity contribution in [2.24, 2.45) is 0 Å². The first-order valence-electron chi connectivity index (χ1n) is 6.56. The molecule has 2 atom stereocenters. The van der Waals surface area contributed by atoms with E-state index in [1.54, 1.807) is 6.92 Å². The molecule has 0 aliphatic carbocycles. The Hall–Kier alpha value is -1.14. The van der Waals surface area contributed by atoms with Gasteiger partial charge in [0.15, 0.2) is 11.6 Å². The second-order valence-corrected chi connectivity index (χ2v) is 5.30. The summed E-state index contributed by atoms with van der Waals surface area (Å²) >= 11 is 4.42. The van der Waals surface area contributed by atoms with Crippen LogP contribution < -0.4 is 5.32 Å². The van der Waals surface area contributed by atoms with Crippen LogP contribution >= 0.6 is 12.6 Å². The number of carbonyl (C=O) groups excluding carboxylic acids is 1. The summed E-state index contributed by atoms with van der Waals surface area (Å²) in [5.41, 5.74) is -0.701. The molecule has 2 rings (SSSR count). The number of hydrogen-bond acceptors (Lipinski definition) is 4. The molecule has 1 N–H and O–H groups in total. The molecule has 20 heavy (non-hydrogen) atoms. The Balaban J connectivity index is 2.50. The molecule has 0 bridgehead atoms. The third kappa shape index (κ3) is 2.54. The largest absolute Gasteiger partial charge is 0.465 e. The number of rotatable bonds is 3. The number of esters is 1. The quantitative estimate of drug-likeness (QED) is 0.665. The van der Waals surface area contributed by atoms with Crippen LogP contribution in [0, 0.1) is 11.6 Å². The van der Waals surface area contributed by atoms with Crippen LogP contribution in [0.5, 0.6) is 0 Å². The van der Waals surface area contributed by atoms with Gasteiger partial charge >= 0.3 is 5.97 Å². The number of carbonyl (C=O) groups is 1. The number of halogens is 2. The average molecular weight is 301 g/mol. The van der Waals surface area contributed by atoms with Gasteiger partial charge in [0.05, 0.1) is 12.0 Å². The standard InChI is InChI=1S/C14H17F2NO2S/c1-2-19-13(18)14(6-3-7-17-12(14)20)9-4-5-10(15)11(16)8-9/h4-5,8,12,17,20H,2-3,6-7H2,1H3. The van der Waals surface area contributed by atoms with Gasteiger partial charge in [-0.3, -0.25) is 4.79 Å². The van der Waals surface area contributed by atoms with Crippen molar-refractivity contribution in [3.8, 4) is 0 Å². The van der Waals surface area contributed by atoms with Crippen molar-refractivity contribution in [3.63, 3.8) is 0 Å². The molecular formula is C14H17F2NO2S. The lowest BCUT2D eigenvalue weighted by Gasteiger charge is -2.40. The maximum atomic E-state index is 13.5. The number of piperidine rings is 1. The molecule has 3 nitrogen and oxygen atoms in total. The van der Waals surface area contributed by atoms with Gasteiger partial charge < -0.3 is 10.1 Å². The van der Waals surface area contributed by atoms with Crippen molar-refractivity contribution in [1.82, 2.24) is 5.32 Å². The fourth-order valence-electron chi connectivity index (χ4n) is 2.58. The summed E-state index contributed by atoms with van der Waals surface area (Å²) in [5.74, 6) is -2.37. The summed E-state index contributed by atoms with van der Waals surface area (Å²) in [6.07, 6.45) is 1.22. The van der Waals surface area contributed by atoms with Crippen molar-refractivity contribution in [1.29, 1.82) is 0 Å². The van der Waals surface area contributed by atoms with Gasteiger partial charge in [-0.1, -0.05) is 6.07 Å². The minimum Gasteiger partial charge on any atom is -0.465 e. The summed E-state index contributed by atoms with van der Waals surface area (Å²) in [6.45, 7) is 2.66. The van der Waals surface area contributed by atoms with Crippen LogP contribution in [0.25, 0.3) is 0 Å². The van der Waals surface area contributed by atoms with Gasteiger partial charge in [-0.05, 0) is 44.0 Å². The Morgan fingerprint density at radius 1 is 1.50 bits per heavy atom. The number of benzene rings is 1. The maximum Gasteiger partial charge on any atom is 0.319 e. The first-order valence-corrected chi connectivity index (χ1v) is 7.08. The van der Waals surface area contributed by atoms with E-state index in [1.807, 2.05) is 0 Å². The predicted octanol–water partition coefficient (Wildman–Crippen LogP) is 2.41. The lowest BCUT2D eigenvalue weighted by Crippen LogP contribution is -2.55. The molecule has 1 aliphatic heterocycles. The van der Waals surface area contributed by atoms with E-state index in [4.69, 9.17) is 4.74 Å². The van der Waals surface area contributed by atoms with E-state index in [0.29, 0.717) is 12.0 Å². The molecule has 1 aliphatic rings. The predicted molar refractivity (Wildman–Crippen MR) is 74.7 cm³/mol. The van der Waals surface area contributed by atoms with E-state index in [1.165, 1.54) is 6.07 Å². The second-order valence-electron chi connectivity index (χ2n) is 4.78. The molecule has 1 aromatic rings. The molecule has 0 radical (unpaired) electrons. The second kappa shape index (κ2) is 6.10. The summed E-state index contributed by atoms with van der Waals surface area (Å²) in [4.78, 5) is 12.4. The average Bonchev–Trinajstić information content (AvgIpc) is 2.43. The normalized spacial score (nSPS) is 26.3. The Morgan fingerprint density at radius 3 is 2.85 bits per heavy atom. The smallest absolute Gasteiger partial charge is 0.319 e. The zero-order valence-corrected chi connectivity index (χ0v) is 12.1. The molecule has 1 aromatic carbocycles. The molecule has 0 aromatic heterocycles. The zero-order valence-electron chi connectivity index (χ0n) is 11.2. The van der Waals surface area contributed by atoms with Crippen molar-refractivity contribution in [3.05, 3.63) is 35.4 Å². The van der Waals surface area contributed by atoms with Crippen LogP contribution in [0.3, 0.4) is 0 Å². The highest BCUT2D eigenvalue weighted by molar-refractivity contribution is 7.81.